The van der Waals surface area contributed by atoms with Crippen LogP contribution < -0.4 is 10.9 Å². The zero-order valence-electron chi connectivity index (χ0n) is 13.2. The molecule has 1 N–H and O–H groups in total. The van der Waals surface area contributed by atoms with Gasteiger partial charge in [0.25, 0.3) is 5.56 Å². The van der Waals surface area contributed by atoms with E-state index in [2.05, 4.69) is 10.4 Å². The monoisotopic (exact) mass is 361 g/mol. The number of anilines is 1. The number of rotatable bonds is 4. The Bertz CT molecular complexity index is 960. The number of halogens is 3. The molecule has 0 aliphatic heterocycles. The number of hydrogen-bond donors (Lipinski definition) is 1. The van der Waals surface area contributed by atoms with Crippen LogP contribution >= 0.6 is 11.6 Å². The quantitative estimate of drug-likeness (QED) is 0.752. The summed E-state index contributed by atoms with van der Waals surface area (Å²) in [4.78, 5) is 12.4. The third kappa shape index (κ3) is 3.53. The van der Waals surface area contributed by atoms with Gasteiger partial charge < -0.3 is 5.32 Å². The van der Waals surface area contributed by atoms with E-state index >= 15 is 0 Å². The van der Waals surface area contributed by atoms with Gasteiger partial charge in [-0.1, -0.05) is 35.9 Å². The van der Waals surface area contributed by atoms with Crippen LogP contribution in [0.2, 0.25) is 5.02 Å². The van der Waals surface area contributed by atoms with Crippen molar-refractivity contribution < 1.29 is 8.78 Å². The topological polar surface area (TPSA) is 46.9 Å². The first kappa shape index (κ1) is 17.1. The highest BCUT2D eigenvalue weighted by atomic mass is 35.5. The predicted octanol–water partition coefficient (Wildman–Crippen LogP) is 4.34. The van der Waals surface area contributed by atoms with Gasteiger partial charge in [-0.2, -0.15) is 9.78 Å². The Morgan fingerprint density at radius 3 is 2.52 bits per heavy atom. The minimum absolute atomic E-state index is 0.0340. The Balaban J connectivity index is 1.89. The third-order valence-corrected chi connectivity index (χ3v) is 4.10. The van der Waals surface area contributed by atoms with E-state index in [1.54, 1.807) is 31.2 Å². The second-order valence-electron chi connectivity index (χ2n) is 5.46. The maximum Gasteiger partial charge on any atom is 0.292 e. The van der Waals surface area contributed by atoms with Gasteiger partial charge >= 0.3 is 0 Å². The van der Waals surface area contributed by atoms with Gasteiger partial charge in [-0.3, -0.25) is 4.79 Å². The molecule has 3 aromatic rings. The molecule has 128 valence electrons. The van der Waals surface area contributed by atoms with E-state index in [9.17, 15) is 13.6 Å². The second kappa shape index (κ2) is 7.03. The summed E-state index contributed by atoms with van der Waals surface area (Å²) in [6, 6.07) is 12.1. The SMILES string of the molecule is C[C@H](Nc1cnn(-c2ccccc2)c(=O)c1Cl)c1ccc(F)c(F)c1. The lowest BCUT2D eigenvalue weighted by Crippen LogP contribution is -2.23. The standard InChI is InChI=1S/C18H14ClF2N3O/c1-11(12-7-8-14(20)15(21)9-12)23-16-10-22-24(18(25)17(16)19)13-5-3-2-4-6-13/h2-11,23H,1H3/t11-/m0/s1. The van der Waals surface area contributed by atoms with E-state index in [1.165, 1.54) is 16.9 Å². The maximum absolute atomic E-state index is 13.4. The first-order chi connectivity index (χ1) is 12.0. The van der Waals surface area contributed by atoms with Gasteiger partial charge in [0.2, 0.25) is 0 Å². The second-order valence-corrected chi connectivity index (χ2v) is 5.84. The molecular weight excluding hydrogens is 348 g/mol. The van der Waals surface area contributed by atoms with Crippen LogP contribution in [0, 0.1) is 11.6 Å². The van der Waals surface area contributed by atoms with E-state index in [1.807, 2.05) is 6.07 Å². The van der Waals surface area contributed by atoms with Crippen molar-refractivity contribution >= 4 is 17.3 Å². The molecule has 0 aliphatic carbocycles. The first-order valence-electron chi connectivity index (χ1n) is 7.52. The van der Waals surface area contributed by atoms with Crippen molar-refractivity contribution in [3.8, 4) is 5.69 Å². The van der Waals surface area contributed by atoms with Crippen molar-refractivity contribution in [1.82, 2.24) is 9.78 Å². The number of nitrogens with zero attached hydrogens (tertiary/aromatic N) is 2. The number of hydrogen-bond acceptors (Lipinski definition) is 3. The molecule has 25 heavy (non-hydrogen) atoms. The van der Waals surface area contributed by atoms with Crippen LogP contribution in [0.3, 0.4) is 0 Å². The van der Waals surface area contributed by atoms with E-state index < -0.39 is 23.2 Å². The molecule has 0 spiro atoms. The molecule has 3 rings (SSSR count). The fourth-order valence-corrected chi connectivity index (χ4v) is 2.57. The average Bonchev–Trinajstić information content (AvgIpc) is 2.62. The van der Waals surface area contributed by atoms with Crippen molar-refractivity contribution in [3.05, 3.63) is 87.3 Å². The lowest BCUT2D eigenvalue weighted by atomic mass is 10.1. The molecule has 0 saturated heterocycles. The van der Waals surface area contributed by atoms with Crippen LogP contribution in [0.1, 0.15) is 18.5 Å². The fourth-order valence-electron chi connectivity index (χ4n) is 2.38. The third-order valence-electron chi connectivity index (χ3n) is 3.74. The molecular formula is C18H14ClF2N3O. The van der Waals surface area contributed by atoms with Crippen molar-refractivity contribution in [3.63, 3.8) is 0 Å². The number of benzene rings is 2. The number of aromatic nitrogens is 2. The van der Waals surface area contributed by atoms with E-state index in [0.29, 0.717) is 16.9 Å². The molecule has 4 nitrogen and oxygen atoms in total. The molecule has 7 heteroatoms. The highest BCUT2D eigenvalue weighted by Crippen LogP contribution is 2.24. The van der Waals surface area contributed by atoms with Gasteiger partial charge in [0, 0.05) is 6.04 Å². The summed E-state index contributed by atoms with van der Waals surface area (Å²) in [6.45, 7) is 1.74. The molecule has 0 bridgehead atoms. The first-order valence-corrected chi connectivity index (χ1v) is 7.90. The highest BCUT2D eigenvalue weighted by Gasteiger charge is 2.14. The van der Waals surface area contributed by atoms with Gasteiger partial charge in [0.05, 0.1) is 17.6 Å². The van der Waals surface area contributed by atoms with E-state index in [0.717, 1.165) is 12.1 Å². The summed E-state index contributed by atoms with van der Waals surface area (Å²) in [5.41, 5.74) is 0.947. The zero-order valence-corrected chi connectivity index (χ0v) is 14.0. The Hall–Kier alpha value is -2.73. The lowest BCUT2D eigenvalue weighted by Gasteiger charge is -2.17. The summed E-state index contributed by atoms with van der Waals surface area (Å²) in [6.07, 6.45) is 1.42. The van der Waals surface area contributed by atoms with Crippen molar-refractivity contribution in [2.75, 3.05) is 5.32 Å². The van der Waals surface area contributed by atoms with Crippen LogP contribution in [0.15, 0.2) is 59.5 Å². The Labute approximate surface area is 147 Å². The molecule has 1 aromatic heterocycles. The van der Waals surface area contributed by atoms with Crippen molar-refractivity contribution in [2.24, 2.45) is 0 Å². The van der Waals surface area contributed by atoms with Crippen LogP contribution in [0.25, 0.3) is 5.69 Å². The summed E-state index contributed by atoms with van der Waals surface area (Å²) in [5, 5.41) is 7.07. The van der Waals surface area contributed by atoms with Gasteiger partial charge in [-0.15, -0.1) is 0 Å². The van der Waals surface area contributed by atoms with Gasteiger partial charge in [0.15, 0.2) is 11.6 Å². The maximum atomic E-state index is 13.4. The van der Waals surface area contributed by atoms with Crippen molar-refractivity contribution in [1.29, 1.82) is 0 Å². The summed E-state index contributed by atoms with van der Waals surface area (Å²) in [5.74, 6) is -1.85. The predicted molar refractivity (Wildman–Crippen MR) is 93.2 cm³/mol. The molecule has 0 fully saturated rings. The minimum Gasteiger partial charge on any atom is -0.376 e. The van der Waals surface area contributed by atoms with E-state index in [-0.39, 0.29) is 5.02 Å². The Morgan fingerprint density at radius 2 is 1.84 bits per heavy atom. The molecule has 1 atom stereocenters. The molecule has 1 heterocycles. The Kier molecular flexibility index (Phi) is 4.81. The summed E-state index contributed by atoms with van der Waals surface area (Å²) in [7, 11) is 0. The highest BCUT2D eigenvalue weighted by molar-refractivity contribution is 6.32. The largest absolute Gasteiger partial charge is 0.376 e. The smallest absolute Gasteiger partial charge is 0.292 e. The van der Waals surface area contributed by atoms with E-state index in [4.69, 9.17) is 11.6 Å². The molecule has 0 saturated carbocycles. The van der Waals surface area contributed by atoms with Crippen LogP contribution in [0.4, 0.5) is 14.5 Å². The average molecular weight is 362 g/mol. The van der Waals surface area contributed by atoms with Crippen molar-refractivity contribution in [2.45, 2.75) is 13.0 Å². The molecule has 0 unspecified atom stereocenters. The summed E-state index contributed by atoms with van der Waals surface area (Å²) < 4.78 is 27.6. The minimum atomic E-state index is -0.935. The van der Waals surface area contributed by atoms with Crippen LogP contribution in [-0.4, -0.2) is 9.78 Å². The van der Waals surface area contributed by atoms with Crippen LogP contribution in [-0.2, 0) is 0 Å². The normalized spacial score (nSPS) is 12.0. The molecule has 0 radical (unpaired) electrons. The van der Waals surface area contributed by atoms with Gasteiger partial charge in [0.1, 0.15) is 5.02 Å². The Morgan fingerprint density at radius 1 is 1.12 bits per heavy atom. The number of para-hydroxylation sites is 1. The molecule has 2 aromatic carbocycles. The lowest BCUT2D eigenvalue weighted by molar-refractivity contribution is 0.506. The van der Waals surface area contributed by atoms with Crippen LogP contribution in [0.5, 0.6) is 0 Å². The summed E-state index contributed by atoms with van der Waals surface area (Å²) >= 11 is 6.17. The van der Waals surface area contributed by atoms with Gasteiger partial charge in [-0.05, 0) is 36.8 Å². The molecule has 0 aliphatic rings. The molecule has 0 amide bonds. The zero-order chi connectivity index (χ0) is 18.0. The number of nitrogens with one attached hydrogen (secondary N) is 1. The fraction of sp³-hybridized carbons (Fsp3) is 0.111. The van der Waals surface area contributed by atoms with Gasteiger partial charge in [-0.25, -0.2) is 8.78 Å².